The van der Waals surface area contributed by atoms with Crippen LogP contribution in [0, 0.1) is 6.92 Å². The van der Waals surface area contributed by atoms with E-state index in [0.29, 0.717) is 6.54 Å². The molecule has 1 unspecified atom stereocenters. The fourth-order valence-electron chi connectivity index (χ4n) is 1.67. The van der Waals surface area contributed by atoms with Crippen LogP contribution in [-0.4, -0.2) is 38.0 Å². The molecular weight excluding hydrogens is 285 g/mol. The van der Waals surface area contributed by atoms with Crippen LogP contribution in [0.3, 0.4) is 0 Å². The summed E-state index contributed by atoms with van der Waals surface area (Å²) in [5, 5.41) is 2.82. The van der Waals surface area contributed by atoms with Gasteiger partial charge >= 0.3 is 0 Å². The molecule has 110 valence electrons. The number of hydrogen-bond donors (Lipinski definition) is 2. The van der Waals surface area contributed by atoms with E-state index in [2.05, 4.69) is 41.4 Å². The summed E-state index contributed by atoms with van der Waals surface area (Å²) in [6, 6.07) is 8.52. The number of likely N-dealkylation sites (N-methyl/N-ethyl adjacent to an activating group) is 1. The number of hydrogen-bond acceptors (Lipinski definition) is 3. The van der Waals surface area contributed by atoms with E-state index in [1.54, 1.807) is 0 Å². The van der Waals surface area contributed by atoms with Crippen LogP contribution in [0.15, 0.2) is 24.3 Å². The van der Waals surface area contributed by atoms with Crippen molar-refractivity contribution in [3.8, 4) is 0 Å². The minimum Gasteiger partial charge on any atom is -0.353 e. The fourth-order valence-corrected chi connectivity index (χ4v) is 1.67. The molecule has 0 heterocycles. The van der Waals surface area contributed by atoms with Gasteiger partial charge in [-0.2, -0.15) is 0 Å². The standard InChI is InChI=1S/C13H21N3O.2ClH/c1-10-4-6-11(7-5-10)12(16(2)3)9-15-13(17)8-14;;/h4-7,12H,8-9,14H2,1-3H3,(H,15,17);2*1H. The predicted octanol–water partition coefficient (Wildman–Crippen LogP) is 1.52. The molecule has 1 atom stereocenters. The first kappa shape index (κ1) is 20.5. The summed E-state index contributed by atoms with van der Waals surface area (Å²) in [5.41, 5.74) is 7.69. The van der Waals surface area contributed by atoms with E-state index in [0.717, 1.165) is 0 Å². The van der Waals surface area contributed by atoms with E-state index < -0.39 is 0 Å². The Bertz CT molecular complexity index is 369. The number of amides is 1. The first-order valence-electron chi connectivity index (χ1n) is 5.74. The third kappa shape index (κ3) is 6.78. The Balaban J connectivity index is 0. The maximum absolute atomic E-state index is 11.2. The van der Waals surface area contributed by atoms with Crippen molar-refractivity contribution in [3.63, 3.8) is 0 Å². The molecule has 0 aliphatic carbocycles. The molecule has 1 aromatic carbocycles. The molecule has 0 aliphatic heterocycles. The number of nitrogens with zero attached hydrogens (tertiary/aromatic N) is 1. The van der Waals surface area contributed by atoms with E-state index >= 15 is 0 Å². The highest BCUT2D eigenvalue weighted by Crippen LogP contribution is 2.17. The lowest BCUT2D eigenvalue weighted by Gasteiger charge is -2.25. The summed E-state index contributed by atoms with van der Waals surface area (Å²) in [6.07, 6.45) is 0. The number of nitrogens with one attached hydrogen (secondary N) is 1. The molecule has 1 aromatic rings. The van der Waals surface area contributed by atoms with Crippen LogP contribution in [0.5, 0.6) is 0 Å². The second-order valence-electron chi connectivity index (χ2n) is 4.40. The zero-order valence-electron chi connectivity index (χ0n) is 11.6. The van der Waals surface area contributed by atoms with Crippen LogP contribution >= 0.6 is 24.8 Å². The highest BCUT2D eigenvalue weighted by atomic mass is 35.5. The van der Waals surface area contributed by atoms with Gasteiger partial charge < -0.3 is 16.0 Å². The molecule has 19 heavy (non-hydrogen) atoms. The average Bonchev–Trinajstić information content (AvgIpc) is 2.31. The first-order valence-corrected chi connectivity index (χ1v) is 5.74. The fraction of sp³-hybridized carbons (Fsp3) is 0.462. The molecule has 6 heteroatoms. The normalized spacial score (nSPS) is 11.2. The van der Waals surface area contributed by atoms with Gasteiger partial charge in [0, 0.05) is 6.54 Å². The van der Waals surface area contributed by atoms with Gasteiger partial charge in [-0.1, -0.05) is 29.8 Å². The Hall–Kier alpha value is -0.810. The summed E-state index contributed by atoms with van der Waals surface area (Å²) in [6.45, 7) is 2.67. The maximum Gasteiger partial charge on any atom is 0.233 e. The van der Waals surface area contributed by atoms with Crippen molar-refractivity contribution in [1.29, 1.82) is 0 Å². The van der Waals surface area contributed by atoms with Gasteiger partial charge in [0.05, 0.1) is 12.6 Å². The van der Waals surface area contributed by atoms with Gasteiger partial charge in [-0.15, -0.1) is 24.8 Å². The van der Waals surface area contributed by atoms with Crippen LogP contribution in [0.1, 0.15) is 17.2 Å². The summed E-state index contributed by atoms with van der Waals surface area (Å²) < 4.78 is 0. The lowest BCUT2D eigenvalue weighted by atomic mass is 10.0. The van der Waals surface area contributed by atoms with Crippen molar-refractivity contribution in [1.82, 2.24) is 10.2 Å². The Morgan fingerprint density at radius 2 is 1.79 bits per heavy atom. The largest absolute Gasteiger partial charge is 0.353 e. The van der Waals surface area contributed by atoms with E-state index in [1.807, 2.05) is 14.1 Å². The second-order valence-corrected chi connectivity index (χ2v) is 4.40. The minimum absolute atomic E-state index is 0. The predicted molar refractivity (Wildman–Crippen MR) is 84.2 cm³/mol. The molecule has 3 N–H and O–H groups in total. The van der Waals surface area contributed by atoms with Crippen LogP contribution in [0.4, 0.5) is 0 Å². The third-order valence-corrected chi connectivity index (χ3v) is 2.76. The van der Waals surface area contributed by atoms with Crippen molar-refractivity contribution in [2.45, 2.75) is 13.0 Å². The van der Waals surface area contributed by atoms with Crippen LogP contribution in [0.2, 0.25) is 0 Å². The highest BCUT2D eigenvalue weighted by Gasteiger charge is 2.14. The SMILES string of the molecule is Cc1ccc(C(CNC(=O)CN)N(C)C)cc1.Cl.Cl. The number of carbonyl (C=O) groups excluding carboxylic acids is 1. The molecule has 0 bridgehead atoms. The number of nitrogens with two attached hydrogens (primary N) is 1. The molecule has 1 amide bonds. The third-order valence-electron chi connectivity index (χ3n) is 2.76. The van der Waals surface area contributed by atoms with Gasteiger partial charge in [0.25, 0.3) is 0 Å². The van der Waals surface area contributed by atoms with E-state index in [1.165, 1.54) is 11.1 Å². The molecule has 1 rings (SSSR count). The van der Waals surface area contributed by atoms with Crippen LogP contribution in [0.25, 0.3) is 0 Å². The van der Waals surface area contributed by atoms with Gasteiger partial charge in [-0.25, -0.2) is 0 Å². The Labute approximate surface area is 127 Å². The molecule has 0 aromatic heterocycles. The number of benzene rings is 1. The van der Waals surface area contributed by atoms with Crippen LogP contribution < -0.4 is 11.1 Å². The smallest absolute Gasteiger partial charge is 0.233 e. The van der Waals surface area contributed by atoms with Gasteiger partial charge in [0.15, 0.2) is 0 Å². The lowest BCUT2D eigenvalue weighted by molar-refractivity contribution is -0.119. The van der Waals surface area contributed by atoms with Crippen molar-refractivity contribution < 1.29 is 4.79 Å². The number of carbonyl (C=O) groups is 1. The lowest BCUT2D eigenvalue weighted by Crippen LogP contribution is -2.37. The molecule has 0 spiro atoms. The zero-order chi connectivity index (χ0) is 12.8. The van der Waals surface area contributed by atoms with E-state index in [9.17, 15) is 4.79 Å². The number of rotatable bonds is 5. The molecule has 0 saturated heterocycles. The molecule has 0 fully saturated rings. The summed E-state index contributed by atoms with van der Waals surface area (Å²) >= 11 is 0. The van der Waals surface area contributed by atoms with E-state index in [-0.39, 0.29) is 43.3 Å². The van der Waals surface area contributed by atoms with Crippen molar-refractivity contribution in [2.24, 2.45) is 5.73 Å². The number of aryl methyl sites for hydroxylation is 1. The zero-order valence-corrected chi connectivity index (χ0v) is 13.2. The van der Waals surface area contributed by atoms with Crippen molar-refractivity contribution in [3.05, 3.63) is 35.4 Å². The quantitative estimate of drug-likeness (QED) is 0.867. The second kappa shape index (κ2) is 10.0. The topological polar surface area (TPSA) is 58.4 Å². The van der Waals surface area contributed by atoms with Gasteiger partial charge in [-0.05, 0) is 26.6 Å². The molecule has 0 aliphatic rings. The van der Waals surface area contributed by atoms with Crippen molar-refractivity contribution in [2.75, 3.05) is 27.2 Å². The monoisotopic (exact) mass is 307 g/mol. The highest BCUT2D eigenvalue weighted by molar-refractivity contribution is 5.85. The van der Waals surface area contributed by atoms with E-state index in [4.69, 9.17) is 5.73 Å². The molecule has 4 nitrogen and oxygen atoms in total. The van der Waals surface area contributed by atoms with Crippen LogP contribution in [-0.2, 0) is 4.79 Å². The summed E-state index contributed by atoms with van der Waals surface area (Å²) in [5.74, 6) is -0.121. The van der Waals surface area contributed by atoms with Gasteiger partial charge in [0.1, 0.15) is 0 Å². The number of halogens is 2. The molecule has 0 radical (unpaired) electrons. The Morgan fingerprint density at radius 3 is 2.21 bits per heavy atom. The minimum atomic E-state index is -0.121. The van der Waals surface area contributed by atoms with Gasteiger partial charge in [0.2, 0.25) is 5.91 Å². The summed E-state index contributed by atoms with van der Waals surface area (Å²) in [7, 11) is 4.00. The average molecular weight is 308 g/mol. The van der Waals surface area contributed by atoms with Gasteiger partial charge in [-0.3, -0.25) is 4.79 Å². The first-order chi connectivity index (χ1) is 8.04. The maximum atomic E-state index is 11.2. The Morgan fingerprint density at radius 1 is 1.26 bits per heavy atom. The molecular formula is C13H23Cl2N3O. The van der Waals surface area contributed by atoms with Crippen molar-refractivity contribution >= 4 is 30.7 Å². The summed E-state index contributed by atoms with van der Waals surface area (Å²) in [4.78, 5) is 13.3. The Kier molecular flexibility index (Phi) is 10.8. The molecule has 0 saturated carbocycles.